The minimum absolute atomic E-state index is 0.159. The second kappa shape index (κ2) is 4.21. The SMILES string of the molecule is CC1(C(=N)N)CCN(CC(F)F)CC1. The topological polar surface area (TPSA) is 53.1 Å². The second-order valence-corrected chi connectivity index (χ2v) is 4.17. The molecule has 0 atom stereocenters. The summed E-state index contributed by atoms with van der Waals surface area (Å²) in [5.41, 5.74) is 5.19. The maximum absolute atomic E-state index is 12.1. The summed E-state index contributed by atoms with van der Waals surface area (Å²) in [5.74, 6) is 0.175. The third kappa shape index (κ3) is 2.64. The molecule has 0 unspecified atom stereocenters. The smallest absolute Gasteiger partial charge is 0.251 e. The predicted molar refractivity (Wildman–Crippen MR) is 51.7 cm³/mol. The first-order valence-electron chi connectivity index (χ1n) is 4.79. The van der Waals surface area contributed by atoms with Crippen LogP contribution in [0.4, 0.5) is 8.78 Å². The van der Waals surface area contributed by atoms with Crippen LogP contribution in [0.3, 0.4) is 0 Å². The van der Waals surface area contributed by atoms with Gasteiger partial charge in [0.15, 0.2) is 0 Å². The standard InChI is InChI=1S/C9H17F2N3/c1-9(8(12)13)2-4-14(5-3-9)6-7(10)11/h7H,2-6H2,1H3,(H3,12,13). The Morgan fingerprint density at radius 2 is 2.00 bits per heavy atom. The van der Waals surface area contributed by atoms with Crippen LogP contribution in [-0.2, 0) is 0 Å². The zero-order valence-corrected chi connectivity index (χ0v) is 8.39. The third-order valence-corrected chi connectivity index (χ3v) is 3.01. The van der Waals surface area contributed by atoms with Crippen LogP contribution < -0.4 is 5.73 Å². The van der Waals surface area contributed by atoms with Gasteiger partial charge < -0.3 is 5.73 Å². The van der Waals surface area contributed by atoms with Crippen molar-refractivity contribution in [3.63, 3.8) is 0 Å². The van der Waals surface area contributed by atoms with E-state index in [1.807, 2.05) is 6.92 Å². The summed E-state index contributed by atoms with van der Waals surface area (Å²) in [6.45, 7) is 2.99. The molecule has 1 fully saturated rings. The number of halogens is 2. The summed E-state index contributed by atoms with van der Waals surface area (Å²) >= 11 is 0. The number of nitrogens with zero attached hydrogens (tertiary/aromatic N) is 1. The Bertz CT molecular complexity index is 210. The minimum Gasteiger partial charge on any atom is -0.387 e. The molecular weight excluding hydrogens is 188 g/mol. The van der Waals surface area contributed by atoms with E-state index in [0.29, 0.717) is 25.9 Å². The molecule has 1 aliphatic heterocycles. The van der Waals surface area contributed by atoms with Crippen molar-refractivity contribution >= 4 is 5.84 Å². The van der Waals surface area contributed by atoms with Crippen LogP contribution in [-0.4, -0.2) is 36.8 Å². The Hall–Kier alpha value is -0.710. The van der Waals surface area contributed by atoms with Crippen molar-refractivity contribution in [3.8, 4) is 0 Å². The first-order chi connectivity index (χ1) is 6.44. The van der Waals surface area contributed by atoms with Gasteiger partial charge in [-0.05, 0) is 25.9 Å². The molecule has 0 spiro atoms. The van der Waals surface area contributed by atoms with Gasteiger partial charge in [0.25, 0.3) is 6.43 Å². The van der Waals surface area contributed by atoms with Crippen molar-refractivity contribution in [1.29, 1.82) is 5.41 Å². The fraction of sp³-hybridized carbons (Fsp3) is 0.889. The normalized spacial score (nSPS) is 22.6. The average Bonchev–Trinajstić information content (AvgIpc) is 2.08. The van der Waals surface area contributed by atoms with Gasteiger partial charge in [0, 0.05) is 5.41 Å². The van der Waals surface area contributed by atoms with Gasteiger partial charge in [-0.2, -0.15) is 0 Å². The lowest BCUT2D eigenvalue weighted by atomic mass is 9.79. The summed E-state index contributed by atoms with van der Waals surface area (Å²) in [6.07, 6.45) is -0.860. The molecule has 1 heterocycles. The lowest BCUT2D eigenvalue weighted by Gasteiger charge is -2.38. The molecule has 0 radical (unpaired) electrons. The van der Waals surface area contributed by atoms with Gasteiger partial charge in [-0.25, -0.2) is 8.78 Å². The van der Waals surface area contributed by atoms with Crippen LogP contribution in [0.2, 0.25) is 0 Å². The maximum Gasteiger partial charge on any atom is 0.251 e. The summed E-state index contributed by atoms with van der Waals surface area (Å²) in [4.78, 5) is 1.73. The molecule has 0 bridgehead atoms. The van der Waals surface area contributed by atoms with Crippen molar-refractivity contribution < 1.29 is 8.78 Å². The van der Waals surface area contributed by atoms with Crippen LogP contribution >= 0.6 is 0 Å². The van der Waals surface area contributed by atoms with Gasteiger partial charge in [0.1, 0.15) is 0 Å². The van der Waals surface area contributed by atoms with Crippen molar-refractivity contribution in [2.45, 2.75) is 26.2 Å². The quantitative estimate of drug-likeness (QED) is 0.539. The molecule has 0 aromatic rings. The molecule has 14 heavy (non-hydrogen) atoms. The van der Waals surface area contributed by atoms with Gasteiger partial charge in [-0.3, -0.25) is 10.3 Å². The first-order valence-corrected chi connectivity index (χ1v) is 4.79. The Morgan fingerprint density at radius 3 is 2.36 bits per heavy atom. The second-order valence-electron chi connectivity index (χ2n) is 4.17. The summed E-state index contributed by atoms with van der Waals surface area (Å²) in [7, 11) is 0. The lowest BCUT2D eigenvalue weighted by Crippen LogP contribution is -2.46. The zero-order chi connectivity index (χ0) is 10.8. The van der Waals surface area contributed by atoms with E-state index in [2.05, 4.69) is 0 Å². The molecule has 0 amide bonds. The Morgan fingerprint density at radius 1 is 1.50 bits per heavy atom. The molecule has 1 saturated heterocycles. The molecule has 1 aliphatic rings. The van der Waals surface area contributed by atoms with E-state index < -0.39 is 6.43 Å². The van der Waals surface area contributed by atoms with E-state index in [1.54, 1.807) is 4.90 Å². The molecule has 0 aromatic carbocycles. The molecule has 3 nitrogen and oxygen atoms in total. The molecule has 0 saturated carbocycles. The highest BCUT2D eigenvalue weighted by atomic mass is 19.3. The van der Waals surface area contributed by atoms with Crippen LogP contribution in [0, 0.1) is 10.8 Å². The van der Waals surface area contributed by atoms with E-state index in [4.69, 9.17) is 11.1 Å². The molecule has 82 valence electrons. The highest BCUT2D eigenvalue weighted by molar-refractivity contribution is 5.83. The summed E-state index contributed by atoms with van der Waals surface area (Å²) < 4.78 is 24.1. The van der Waals surface area contributed by atoms with Crippen LogP contribution in [0.25, 0.3) is 0 Å². The monoisotopic (exact) mass is 205 g/mol. The van der Waals surface area contributed by atoms with Crippen molar-refractivity contribution in [2.75, 3.05) is 19.6 Å². The molecule has 5 heteroatoms. The Kier molecular flexibility index (Phi) is 3.42. The average molecular weight is 205 g/mol. The van der Waals surface area contributed by atoms with E-state index in [1.165, 1.54) is 0 Å². The lowest BCUT2D eigenvalue weighted by molar-refractivity contribution is 0.0632. The highest BCUT2D eigenvalue weighted by Crippen LogP contribution is 2.30. The van der Waals surface area contributed by atoms with Crippen molar-refractivity contribution in [2.24, 2.45) is 11.1 Å². The largest absolute Gasteiger partial charge is 0.387 e. The fourth-order valence-corrected chi connectivity index (χ4v) is 1.69. The maximum atomic E-state index is 12.1. The molecule has 1 rings (SSSR count). The van der Waals surface area contributed by atoms with E-state index in [9.17, 15) is 8.78 Å². The van der Waals surface area contributed by atoms with Gasteiger partial charge >= 0.3 is 0 Å². The van der Waals surface area contributed by atoms with E-state index in [0.717, 1.165) is 0 Å². The van der Waals surface area contributed by atoms with Crippen LogP contribution in [0.1, 0.15) is 19.8 Å². The van der Waals surface area contributed by atoms with Crippen LogP contribution in [0.15, 0.2) is 0 Å². The van der Waals surface area contributed by atoms with Crippen molar-refractivity contribution in [3.05, 3.63) is 0 Å². The number of piperidine rings is 1. The third-order valence-electron chi connectivity index (χ3n) is 3.01. The highest BCUT2D eigenvalue weighted by Gasteiger charge is 2.33. The Labute approximate surface area is 82.8 Å². The number of rotatable bonds is 3. The van der Waals surface area contributed by atoms with Gasteiger partial charge in [0.2, 0.25) is 0 Å². The van der Waals surface area contributed by atoms with Crippen LogP contribution in [0.5, 0.6) is 0 Å². The molecular formula is C9H17F2N3. The number of hydrogen-bond acceptors (Lipinski definition) is 2. The molecule has 0 aliphatic carbocycles. The minimum atomic E-state index is -2.27. The Balaban J connectivity index is 2.42. The predicted octanol–water partition coefficient (Wildman–Crippen LogP) is 1.29. The number of likely N-dealkylation sites (tertiary alicyclic amines) is 1. The first kappa shape index (κ1) is 11.4. The number of nitrogens with one attached hydrogen (secondary N) is 1. The van der Waals surface area contributed by atoms with Gasteiger partial charge in [-0.1, -0.05) is 6.92 Å². The fourth-order valence-electron chi connectivity index (χ4n) is 1.69. The zero-order valence-electron chi connectivity index (χ0n) is 8.39. The van der Waals surface area contributed by atoms with E-state index >= 15 is 0 Å². The van der Waals surface area contributed by atoms with Crippen molar-refractivity contribution in [1.82, 2.24) is 4.90 Å². The summed E-state index contributed by atoms with van der Waals surface area (Å²) in [5, 5.41) is 7.40. The van der Waals surface area contributed by atoms with Gasteiger partial charge in [-0.15, -0.1) is 0 Å². The van der Waals surface area contributed by atoms with E-state index in [-0.39, 0.29) is 17.8 Å². The van der Waals surface area contributed by atoms with Gasteiger partial charge in [0.05, 0.1) is 12.4 Å². The number of nitrogens with two attached hydrogens (primary N) is 1. The molecule has 3 N–H and O–H groups in total. The number of hydrogen-bond donors (Lipinski definition) is 2. The number of amidine groups is 1. The molecule has 0 aromatic heterocycles. The summed E-state index contributed by atoms with van der Waals surface area (Å²) in [6, 6.07) is 0. The number of alkyl halides is 2.